The van der Waals surface area contributed by atoms with Crippen LogP contribution in [0.15, 0.2) is 24.3 Å². The minimum atomic E-state index is -0.604. The molecule has 4 nitrogen and oxygen atoms in total. The molecule has 1 aromatic carbocycles. The molecule has 0 heterocycles. The van der Waals surface area contributed by atoms with E-state index in [-0.39, 0.29) is 5.41 Å². The Balaban J connectivity index is 2.56. The summed E-state index contributed by atoms with van der Waals surface area (Å²) in [5.74, 6) is -1.17. The van der Waals surface area contributed by atoms with Crippen LogP contribution in [0.2, 0.25) is 0 Å². The normalized spacial score (nSPS) is 11.1. The van der Waals surface area contributed by atoms with Gasteiger partial charge in [-0.2, -0.15) is 0 Å². The monoisotopic (exact) mass is 304 g/mol. The van der Waals surface area contributed by atoms with Crippen molar-refractivity contribution in [2.24, 2.45) is 0 Å². The van der Waals surface area contributed by atoms with Crippen LogP contribution in [0.3, 0.4) is 0 Å². The lowest BCUT2D eigenvalue weighted by molar-refractivity contribution is -0.136. The number of amides is 2. The topological polar surface area (TPSA) is 58.2 Å². The molecule has 0 aliphatic carbocycles. The maximum Gasteiger partial charge on any atom is 0.313 e. The van der Waals surface area contributed by atoms with Crippen molar-refractivity contribution >= 4 is 17.5 Å². The van der Waals surface area contributed by atoms with E-state index in [0.29, 0.717) is 12.2 Å². The van der Waals surface area contributed by atoms with Crippen LogP contribution >= 0.6 is 0 Å². The van der Waals surface area contributed by atoms with Gasteiger partial charge in [-0.3, -0.25) is 9.59 Å². The van der Waals surface area contributed by atoms with E-state index in [1.54, 1.807) is 0 Å². The van der Waals surface area contributed by atoms with Gasteiger partial charge in [-0.25, -0.2) is 0 Å². The number of hydrogen-bond acceptors (Lipinski definition) is 2. The molecule has 0 unspecified atom stereocenters. The van der Waals surface area contributed by atoms with E-state index >= 15 is 0 Å². The number of unbranched alkanes of at least 4 members (excludes halogenated alkanes) is 3. The fourth-order valence-electron chi connectivity index (χ4n) is 2.26. The van der Waals surface area contributed by atoms with Crippen molar-refractivity contribution in [2.75, 3.05) is 11.9 Å². The summed E-state index contributed by atoms with van der Waals surface area (Å²) < 4.78 is 0. The van der Waals surface area contributed by atoms with Crippen molar-refractivity contribution in [1.82, 2.24) is 5.32 Å². The molecule has 0 radical (unpaired) electrons. The smallest absolute Gasteiger partial charge is 0.313 e. The van der Waals surface area contributed by atoms with Crippen LogP contribution in [0.4, 0.5) is 5.69 Å². The summed E-state index contributed by atoms with van der Waals surface area (Å²) >= 11 is 0. The Morgan fingerprint density at radius 3 is 2.32 bits per heavy atom. The van der Waals surface area contributed by atoms with Gasteiger partial charge >= 0.3 is 11.8 Å². The van der Waals surface area contributed by atoms with E-state index in [9.17, 15) is 9.59 Å². The third kappa shape index (κ3) is 5.88. The molecule has 0 fully saturated rings. The predicted octanol–water partition coefficient (Wildman–Crippen LogP) is 3.62. The Morgan fingerprint density at radius 1 is 1.00 bits per heavy atom. The Labute approximate surface area is 133 Å². The SMILES string of the molecule is CCCCCCNC(=O)C(=O)Nc1ccccc1C(C)(C)C. The molecule has 1 aromatic rings. The Kier molecular flexibility index (Phi) is 7.09. The maximum atomic E-state index is 12.0. The van der Waals surface area contributed by atoms with Crippen LogP contribution in [-0.2, 0) is 15.0 Å². The first-order valence-corrected chi connectivity index (χ1v) is 8.05. The van der Waals surface area contributed by atoms with Gasteiger partial charge < -0.3 is 10.6 Å². The van der Waals surface area contributed by atoms with Crippen LogP contribution < -0.4 is 10.6 Å². The highest BCUT2D eigenvalue weighted by atomic mass is 16.2. The van der Waals surface area contributed by atoms with Crippen molar-refractivity contribution in [3.05, 3.63) is 29.8 Å². The van der Waals surface area contributed by atoms with E-state index in [4.69, 9.17) is 0 Å². The van der Waals surface area contributed by atoms with Crippen molar-refractivity contribution in [1.29, 1.82) is 0 Å². The van der Waals surface area contributed by atoms with E-state index in [2.05, 4.69) is 38.3 Å². The molecule has 0 aliphatic rings. The number of hydrogen-bond donors (Lipinski definition) is 2. The van der Waals surface area contributed by atoms with Crippen molar-refractivity contribution in [3.8, 4) is 0 Å². The van der Waals surface area contributed by atoms with Crippen molar-refractivity contribution in [2.45, 2.75) is 58.8 Å². The molecule has 1 rings (SSSR count). The minimum Gasteiger partial charge on any atom is -0.348 e. The summed E-state index contributed by atoms with van der Waals surface area (Å²) in [6, 6.07) is 7.59. The molecule has 0 atom stereocenters. The molecule has 122 valence electrons. The highest BCUT2D eigenvalue weighted by Crippen LogP contribution is 2.29. The van der Waals surface area contributed by atoms with Gasteiger partial charge in [0.05, 0.1) is 0 Å². The van der Waals surface area contributed by atoms with Crippen LogP contribution in [-0.4, -0.2) is 18.4 Å². The largest absolute Gasteiger partial charge is 0.348 e. The van der Waals surface area contributed by atoms with Gasteiger partial charge in [-0.15, -0.1) is 0 Å². The van der Waals surface area contributed by atoms with Gasteiger partial charge in [0.1, 0.15) is 0 Å². The lowest BCUT2D eigenvalue weighted by Crippen LogP contribution is -2.36. The number of benzene rings is 1. The fourth-order valence-corrected chi connectivity index (χ4v) is 2.26. The van der Waals surface area contributed by atoms with Crippen molar-refractivity contribution < 1.29 is 9.59 Å². The number of carbonyl (C=O) groups is 2. The number of anilines is 1. The molecule has 2 amide bonds. The summed E-state index contributed by atoms with van der Waals surface area (Å²) in [5, 5.41) is 5.39. The molecule has 2 N–H and O–H groups in total. The molecular weight excluding hydrogens is 276 g/mol. The number of nitrogens with one attached hydrogen (secondary N) is 2. The van der Waals surface area contributed by atoms with Crippen LogP contribution in [0.1, 0.15) is 58.9 Å². The minimum absolute atomic E-state index is 0.0967. The quantitative estimate of drug-likeness (QED) is 0.623. The lowest BCUT2D eigenvalue weighted by atomic mass is 9.86. The van der Waals surface area contributed by atoms with Crippen molar-refractivity contribution in [3.63, 3.8) is 0 Å². The number of para-hydroxylation sites is 1. The van der Waals surface area contributed by atoms with Crippen LogP contribution in [0.5, 0.6) is 0 Å². The zero-order valence-electron chi connectivity index (χ0n) is 14.2. The molecule has 0 aromatic heterocycles. The molecule has 0 spiro atoms. The first-order chi connectivity index (χ1) is 10.4. The number of carbonyl (C=O) groups excluding carboxylic acids is 2. The van der Waals surface area contributed by atoms with Gasteiger partial charge in [0, 0.05) is 12.2 Å². The van der Waals surface area contributed by atoms with Gasteiger partial charge in [0.2, 0.25) is 0 Å². The third-order valence-electron chi connectivity index (χ3n) is 3.51. The van der Waals surface area contributed by atoms with E-state index < -0.39 is 11.8 Å². The highest BCUT2D eigenvalue weighted by Gasteiger charge is 2.20. The first kappa shape index (κ1) is 18.2. The zero-order chi connectivity index (χ0) is 16.6. The van der Waals surface area contributed by atoms with E-state index in [1.165, 1.54) is 0 Å². The molecule has 4 heteroatoms. The summed E-state index contributed by atoms with van der Waals surface area (Å²) in [6.07, 6.45) is 4.29. The Morgan fingerprint density at radius 2 is 1.68 bits per heavy atom. The molecule has 0 saturated heterocycles. The van der Waals surface area contributed by atoms with Crippen LogP contribution in [0, 0.1) is 0 Å². The molecule has 0 saturated carbocycles. The second-order valence-electron chi connectivity index (χ2n) is 6.57. The van der Waals surface area contributed by atoms with Gasteiger partial charge in [-0.1, -0.05) is 65.2 Å². The van der Waals surface area contributed by atoms with Gasteiger partial charge in [0.15, 0.2) is 0 Å². The highest BCUT2D eigenvalue weighted by molar-refractivity contribution is 6.39. The second-order valence-corrected chi connectivity index (χ2v) is 6.57. The van der Waals surface area contributed by atoms with Crippen LogP contribution in [0.25, 0.3) is 0 Å². The molecule has 22 heavy (non-hydrogen) atoms. The third-order valence-corrected chi connectivity index (χ3v) is 3.51. The van der Waals surface area contributed by atoms with E-state index in [1.807, 2.05) is 24.3 Å². The predicted molar refractivity (Wildman–Crippen MR) is 90.9 cm³/mol. The standard InChI is InChI=1S/C18H28N2O2/c1-5-6-7-10-13-19-16(21)17(22)20-15-12-9-8-11-14(15)18(2,3)4/h8-9,11-12H,5-7,10,13H2,1-4H3,(H,19,21)(H,20,22). The summed E-state index contributed by atoms with van der Waals surface area (Å²) in [7, 11) is 0. The Hall–Kier alpha value is -1.84. The molecule has 0 aliphatic heterocycles. The Bertz CT molecular complexity index is 504. The maximum absolute atomic E-state index is 12.0. The van der Waals surface area contributed by atoms with E-state index in [0.717, 1.165) is 31.2 Å². The first-order valence-electron chi connectivity index (χ1n) is 8.05. The molecule has 0 bridgehead atoms. The summed E-state index contributed by atoms with van der Waals surface area (Å²) in [6.45, 7) is 8.91. The second kappa shape index (κ2) is 8.57. The zero-order valence-corrected chi connectivity index (χ0v) is 14.2. The lowest BCUT2D eigenvalue weighted by Gasteiger charge is -2.22. The average molecular weight is 304 g/mol. The number of rotatable bonds is 6. The van der Waals surface area contributed by atoms with Gasteiger partial charge in [0.25, 0.3) is 0 Å². The molecular formula is C18H28N2O2. The average Bonchev–Trinajstić information content (AvgIpc) is 2.46. The summed E-state index contributed by atoms with van der Waals surface area (Å²) in [5.41, 5.74) is 1.61. The van der Waals surface area contributed by atoms with Gasteiger partial charge in [-0.05, 0) is 23.5 Å². The summed E-state index contributed by atoms with van der Waals surface area (Å²) in [4.78, 5) is 23.8. The fraction of sp³-hybridized carbons (Fsp3) is 0.556.